The van der Waals surface area contributed by atoms with Crippen molar-refractivity contribution >= 4 is 45.8 Å². The first-order valence-electron chi connectivity index (χ1n) is 11.5. The second kappa shape index (κ2) is 9.51. The molecule has 2 heterocycles. The first-order chi connectivity index (χ1) is 17.2. The van der Waals surface area contributed by atoms with E-state index in [9.17, 15) is 23.9 Å². The Balaban J connectivity index is 1.30. The summed E-state index contributed by atoms with van der Waals surface area (Å²) in [6.07, 6.45) is 3.10. The minimum atomic E-state index is -1.33. The normalized spacial score (nSPS) is 16.4. The molecule has 3 aromatic rings. The van der Waals surface area contributed by atoms with Crippen LogP contribution in [-0.4, -0.2) is 59.2 Å². The molecule has 188 valence electrons. The van der Waals surface area contributed by atoms with Gasteiger partial charge in [0.2, 0.25) is 11.3 Å². The number of hydrogen-bond acceptors (Lipinski definition) is 5. The molecule has 8 nitrogen and oxygen atoms in total. The van der Waals surface area contributed by atoms with Crippen LogP contribution in [0.4, 0.5) is 20.2 Å². The maximum absolute atomic E-state index is 15.1. The highest BCUT2D eigenvalue weighted by atomic mass is 35.5. The van der Waals surface area contributed by atoms with Gasteiger partial charge in [-0.3, -0.25) is 14.5 Å². The van der Waals surface area contributed by atoms with Crippen LogP contribution in [0.1, 0.15) is 29.2 Å². The van der Waals surface area contributed by atoms with Gasteiger partial charge in [0.15, 0.2) is 0 Å². The van der Waals surface area contributed by atoms with Gasteiger partial charge in [0.25, 0.3) is 0 Å². The number of carboxylic acid groups (broad SMARTS) is 1. The number of amides is 1. The number of aromatic carboxylic acids is 1. The number of pyridine rings is 1. The van der Waals surface area contributed by atoms with Crippen LogP contribution < -0.4 is 15.6 Å². The van der Waals surface area contributed by atoms with E-state index in [0.29, 0.717) is 43.1 Å². The molecule has 36 heavy (non-hydrogen) atoms. The van der Waals surface area contributed by atoms with Gasteiger partial charge >= 0.3 is 5.97 Å². The molecule has 2 fully saturated rings. The van der Waals surface area contributed by atoms with Gasteiger partial charge in [-0.05, 0) is 43.2 Å². The van der Waals surface area contributed by atoms with Crippen LogP contribution in [-0.2, 0) is 4.79 Å². The lowest BCUT2D eigenvalue weighted by atomic mass is 10.1. The molecular formula is C25H23ClF2N4O4. The predicted molar refractivity (Wildman–Crippen MR) is 132 cm³/mol. The van der Waals surface area contributed by atoms with Crippen molar-refractivity contribution in [1.82, 2.24) is 9.47 Å². The van der Waals surface area contributed by atoms with Crippen LogP contribution in [0.5, 0.6) is 0 Å². The highest BCUT2D eigenvalue weighted by molar-refractivity contribution is 6.31. The summed E-state index contributed by atoms with van der Waals surface area (Å²) in [5.74, 6) is -2.76. The summed E-state index contributed by atoms with van der Waals surface area (Å²) in [5.41, 5.74) is 0.193. The minimum absolute atomic E-state index is 0.0549. The summed E-state index contributed by atoms with van der Waals surface area (Å²) in [4.78, 5) is 40.4. The van der Waals surface area contributed by atoms with Crippen LogP contribution in [0, 0.1) is 11.6 Å². The molecule has 0 spiro atoms. The number of rotatable bonds is 6. The van der Waals surface area contributed by atoms with Crippen molar-refractivity contribution in [2.45, 2.75) is 18.9 Å². The largest absolute Gasteiger partial charge is 0.477 e. The summed E-state index contributed by atoms with van der Waals surface area (Å²) in [5, 5.41) is 12.1. The topological polar surface area (TPSA) is 94.9 Å². The van der Waals surface area contributed by atoms with Gasteiger partial charge < -0.3 is 19.9 Å². The lowest BCUT2D eigenvalue weighted by Crippen LogP contribution is -2.49. The van der Waals surface area contributed by atoms with Gasteiger partial charge in [-0.25, -0.2) is 13.6 Å². The zero-order valence-corrected chi connectivity index (χ0v) is 19.9. The Morgan fingerprint density at radius 2 is 1.78 bits per heavy atom. The van der Waals surface area contributed by atoms with Crippen LogP contribution in [0.15, 0.2) is 41.3 Å². The third-order valence-corrected chi connectivity index (χ3v) is 6.84. The third kappa shape index (κ3) is 4.78. The molecule has 1 aliphatic heterocycles. The Morgan fingerprint density at radius 1 is 1.06 bits per heavy atom. The highest BCUT2D eigenvalue weighted by Gasteiger charge is 2.28. The lowest BCUT2D eigenvalue weighted by molar-refractivity contribution is -0.117. The molecule has 0 bridgehead atoms. The number of benzene rings is 2. The van der Waals surface area contributed by atoms with Gasteiger partial charge in [-0.15, -0.1) is 0 Å². The Hall–Kier alpha value is -3.50. The number of piperazine rings is 1. The van der Waals surface area contributed by atoms with Crippen molar-refractivity contribution in [2.75, 3.05) is 42.9 Å². The molecule has 0 unspecified atom stereocenters. The molecule has 2 N–H and O–H groups in total. The fraction of sp³-hybridized carbons (Fsp3) is 0.320. The molecule has 0 atom stereocenters. The van der Waals surface area contributed by atoms with E-state index < -0.39 is 23.0 Å². The van der Waals surface area contributed by atoms with E-state index in [-0.39, 0.29) is 34.5 Å². The number of nitrogens with one attached hydrogen (secondary N) is 1. The minimum Gasteiger partial charge on any atom is -0.477 e. The van der Waals surface area contributed by atoms with E-state index in [2.05, 4.69) is 5.32 Å². The zero-order valence-electron chi connectivity index (χ0n) is 19.1. The van der Waals surface area contributed by atoms with Gasteiger partial charge in [0.1, 0.15) is 17.2 Å². The van der Waals surface area contributed by atoms with Crippen LogP contribution >= 0.6 is 11.6 Å². The number of carbonyl (C=O) groups is 2. The molecule has 11 heteroatoms. The molecule has 5 rings (SSSR count). The molecule has 1 saturated carbocycles. The number of carbonyl (C=O) groups excluding carboxylic acids is 1. The quantitative estimate of drug-likeness (QED) is 0.518. The number of anilines is 2. The zero-order chi connectivity index (χ0) is 25.6. The highest BCUT2D eigenvalue weighted by Crippen LogP contribution is 2.38. The fourth-order valence-corrected chi connectivity index (χ4v) is 4.71. The van der Waals surface area contributed by atoms with E-state index in [0.717, 1.165) is 18.9 Å². The van der Waals surface area contributed by atoms with Crippen LogP contribution in [0.25, 0.3) is 10.9 Å². The molecule has 1 amide bonds. The second-order valence-corrected chi connectivity index (χ2v) is 9.48. The van der Waals surface area contributed by atoms with E-state index in [1.807, 2.05) is 9.80 Å². The maximum Gasteiger partial charge on any atom is 0.341 e. The summed E-state index contributed by atoms with van der Waals surface area (Å²) >= 11 is 5.76. The molecule has 0 radical (unpaired) electrons. The first-order valence-corrected chi connectivity index (χ1v) is 11.9. The summed E-state index contributed by atoms with van der Waals surface area (Å²) < 4.78 is 30.2. The number of halogens is 3. The molecule has 1 aromatic heterocycles. The Kier molecular flexibility index (Phi) is 6.40. The smallest absolute Gasteiger partial charge is 0.341 e. The summed E-state index contributed by atoms with van der Waals surface area (Å²) in [6, 6.07) is 6.80. The third-order valence-electron chi connectivity index (χ3n) is 6.55. The average Bonchev–Trinajstić information content (AvgIpc) is 3.67. The Bertz CT molecular complexity index is 1430. The van der Waals surface area contributed by atoms with Gasteiger partial charge in [-0.1, -0.05) is 11.6 Å². The van der Waals surface area contributed by atoms with Crippen molar-refractivity contribution in [3.05, 3.63) is 69.0 Å². The average molecular weight is 517 g/mol. The van der Waals surface area contributed by atoms with E-state index >= 15 is 4.39 Å². The van der Waals surface area contributed by atoms with E-state index in [1.54, 1.807) is 10.6 Å². The number of hydrogen-bond donors (Lipinski definition) is 2. The van der Waals surface area contributed by atoms with E-state index in [4.69, 9.17) is 11.6 Å². The van der Waals surface area contributed by atoms with Crippen molar-refractivity contribution < 1.29 is 23.5 Å². The summed E-state index contributed by atoms with van der Waals surface area (Å²) in [6.45, 7) is 2.03. The lowest BCUT2D eigenvalue weighted by Gasteiger charge is -2.36. The number of nitrogens with zero attached hydrogens (tertiary/aromatic N) is 3. The van der Waals surface area contributed by atoms with Gasteiger partial charge in [0, 0.05) is 49.5 Å². The number of aromatic nitrogens is 1. The SMILES string of the molecule is O=C(CN1CCN(c2cc3c(cc2F)c(=O)c(C(=O)O)cn3C2CC2)CC1)Nc1ccc(F)c(Cl)c1. The maximum atomic E-state index is 15.1. The number of carboxylic acids is 1. The Morgan fingerprint density at radius 3 is 2.42 bits per heavy atom. The molecule has 2 aliphatic rings. The fourth-order valence-electron chi connectivity index (χ4n) is 4.53. The van der Waals surface area contributed by atoms with Crippen LogP contribution in [0.2, 0.25) is 5.02 Å². The van der Waals surface area contributed by atoms with Crippen molar-refractivity contribution in [3.8, 4) is 0 Å². The Labute approximate surface area is 209 Å². The van der Waals surface area contributed by atoms with Crippen LogP contribution in [0.3, 0.4) is 0 Å². The molecule has 2 aromatic carbocycles. The first kappa shape index (κ1) is 24.2. The molecule has 1 saturated heterocycles. The van der Waals surface area contributed by atoms with Crippen molar-refractivity contribution in [1.29, 1.82) is 0 Å². The molecule has 1 aliphatic carbocycles. The monoisotopic (exact) mass is 516 g/mol. The van der Waals surface area contributed by atoms with Gasteiger partial charge in [-0.2, -0.15) is 0 Å². The van der Waals surface area contributed by atoms with Gasteiger partial charge in [0.05, 0.1) is 22.8 Å². The van der Waals surface area contributed by atoms with E-state index in [1.165, 1.54) is 24.4 Å². The van der Waals surface area contributed by atoms with Crippen molar-refractivity contribution in [3.63, 3.8) is 0 Å². The number of fused-ring (bicyclic) bond motifs is 1. The summed E-state index contributed by atoms with van der Waals surface area (Å²) in [7, 11) is 0. The standard InChI is InChI=1S/C25H23ClF2N4O4/c26-18-9-14(1-4-19(18)27)29-23(33)13-30-5-7-31(8-6-30)22-11-21-16(10-20(22)28)24(34)17(25(35)36)12-32(21)15-2-3-15/h1,4,9-12,15H,2-3,5-8,13H2,(H,29,33)(H,35,36). The second-order valence-electron chi connectivity index (χ2n) is 9.08. The molecular weight excluding hydrogens is 494 g/mol. The van der Waals surface area contributed by atoms with Crippen molar-refractivity contribution in [2.24, 2.45) is 0 Å². The predicted octanol–water partition coefficient (Wildman–Crippen LogP) is 3.73.